The molecule has 4 unspecified atom stereocenters. The largest absolute Gasteiger partial charge is 0.472 e. The van der Waals surface area contributed by atoms with E-state index in [0.717, 1.165) is 127 Å². The van der Waals surface area contributed by atoms with Crippen molar-refractivity contribution in [2.45, 2.75) is 362 Å². The Bertz CT molecular complexity index is 1900. The smallest absolute Gasteiger partial charge is 0.462 e. The van der Waals surface area contributed by atoms with Gasteiger partial charge in [0.25, 0.3) is 0 Å². The van der Waals surface area contributed by atoms with Gasteiger partial charge in [-0.1, -0.05) is 291 Å². The van der Waals surface area contributed by atoms with Crippen LogP contribution < -0.4 is 0 Å². The Morgan fingerprint density at radius 1 is 0.359 bits per heavy atom. The number of aliphatic hydroxyl groups excluding tert-OH is 1. The summed E-state index contributed by atoms with van der Waals surface area (Å²) < 4.78 is 68.3. The molecule has 0 saturated carbocycles. The van der Waals surface area contributed by atoms with E-state index >= 15 is 0 Å². The van der Waals surface area contributed by atoms with Crippen LogP contribution in [0.15, 0.2) is 24.3 Å². The van der Waals surface area contributed by atoms with Gasteiger partial charge in [0.15, 0.2) is 12.2 Å². The molecule has 6 atom stereocenters. The lowest BCUT2D eigenvalue weighted by Gasteiger charge is -2.21. The highest BCUT2D eigenvalue weighted by Crippen LogP contribution is 2.45. The SMILES string of the molecule is CCCCCC/C=C\C=C/CCCCCCCC(=O)OC[C@H](COP(=O)(O)OCC(O)COP(=O)(O)OC[C@@H](COC(=O)CCCCCCCCCCC(C)C)OC(=O)CCCCCCCCC(C)CC)OC(=O)CCCCCCCCCCCCCCCC(C)C. The molecule has 0 aliphatic heterocycles. The van der Waals surface area contributed by atoms with Crippen molar-refractivity contribution < 1.29 is 80.2 Å². The maximum absolute atomic E-state index is 13.0. The summed E-state index contributed by atoms with van der Waals surface area (Å²) in [4.78, 5) is 72.6. The predicted molar refractivity (Wildman–Crippen MR) is 372 cm³/mol. The fourth-order valence-electron chi connectivity index (χ4n) is 10.5. The van der Waals surface area contributed by atoms with E-state index in [1.807, 2.05) is 0 Å². The van der Waals surface area contributed by atoms with E-state index in [4.69, 9.17) is 37.0 Å². The number of allylic oxidation sites excluding steroid dienone is 4. The lowest BCUT2D eigenvalue weighted by molar-refractivity contribution is -0.161. The average Bonchev–Trinajstić information content (AvgIpc) is 1.99. The van der Waals surface area contributed by atoms with Crippen LogP contribution in [0.2, 0.25) is 0 Å². The number of ether oxygens (including phenoxy) is 4. The zero-order valence-corrected chi connectivity index (χ0v) is 61.3. The quantitative estimate of drug-likeness (QED) is 0.0169. The van der Waals surface area contributed by atoms with Gasteiger partial charge in [-0.15, -0.1) is 0 Å². The van der Waals surface area contributed by atoms with Crippen molar-refractivity contribution in [3.05, 3.63) is 24.3 Å². The first-order valence-electron chi connectivity index (χ1n) is 37.2. The van der Waals surface area contributed by atoms with Gasteiger partial charge in [0.1, 0.15) is 19.3 Å². The lowest BCUT2D eigenvalue weighted by Crippen LogP contribution is -2.30. The summed E-state index contributed by atoms with van der Waals surface area (Å²) in [5, 5.41) is 10.6. The maximum Gasteiger partial charge on any atom is 0.472 e. The maximum atomic E-state index is 13.0. The molecule has 0 aromatic rings. The van der Waals surface area contributed by atoms with Crippen LogP contribution in [0, 0.1) is 17.8 Å². The minimum atomic E-state index is -4.96. The summed E-state index contributed by atoms with van der Waals surface area (Å²) in [6, 6.07) is 0. The molecule has 17 nitrogen and oxygen atoms in total. The lowest BCUT2D eigenvalue weighted by atomic mass is 10.00. The van der Waals surface area contributed by atoms with Crippen LogP contribution in [-0.2, 0) is 65.4 Å². The van der Waals surface area contributed by atoms with Gasteiger partial charge in [0.2, 0.25) is 0 Å². The number of phosphoric ester groups is 2. The van der Waals surface area contributed by atoms with Gasteiger partial charge in [0, 0.05) is 25.7 Å². The van der Waals surface area contributed by atoms with Crippen LogP contribution in [0.5, 0.6) is 0 Å². The Kier molecular flexibility index (Phi) is 61.6. The summed E-state index contributed by atoms with van der Waals surface area (Å²) in [5.41, 5.74) is 0. The summed E-state index contributed by atoms with van der Waals surface area (Å²) in [7, 11) is -9.92. The van der Waals surface area contributed by atoms with Gasteiger partial charge in [-0.3, -0.25) is 37.3 Å². The fraction of sp³-hybridized carbons (Fsp3) is 0.890. The van der Waals surface area contributed by atoms with E-state index in [9.17, 15) is 43.2 Å². The Labute approximate surface area is 561 Å². The number of aliphatic hydroxyl groups is 1. The third-order valence-corrected chi connectivity index (χ3v) is 18.5. The first kappa shape index (κ1) is 89.5. The van der Waals surface area contributed by atoms with Crippen LogP contribution in [0.4, 0.5) is 0 Å². The number of unbranched alkanes of at least 4 members (excludes halogenated alkanes) is 33. The summed E-state index contributed by atoms with van der Waals surface area (Å²) >= 11 is 0. The third kappa shape index (κ3) is 64.9. The number of carbonyl (C=O) groups is 4. The first-order valence-corrected chi connectivity index (χ1v) is 40.2. The van der Waals surface area contributed by atoms with Crippen molar-refractivity contribution in [3.8, 4) is 0 Å². The zero-order valence-electron chi connectivity index (χ0n) is 59.5. The molecular formula is C73H138O17P2. The molecule has 0 aliphatic carbocycles. The van der Waals surface area contributed by atoms with Gasteiger partial charge in [-0.2, -0.15) is 0 Å². The molecule has 0 spiro atoms. The van der Waals surface area contributed by atoms with Gasteiger partial charge < -0.3 is 33.8 Å². The first-order chi connectivity index (χ1) is 44.3. The fourth-order valence-corrected chi connectivity index (χ4v) is 12.1. The molecular weight excluding hydrogens is 1210 g/mol. The predicted octanol–water partition coefficient (Wildman–Crippen LogP) is 20.6. The van der Waals surface area contributed by atoms with Gasteiger partial charge >= 0.3 is 39.5 Å². The molecule has 0 heterocycles. The van der Waals surface area contributed by atoms with Crippen molar-refractivity contribution in [2.75, 3.05) is 39.6 Å². The monoisotopic (exact) mass is 1350 g/mol. The number of esters is 4. The Morgan fingerprint density at radius 3 is 0.967 bits per heavy atom. The number of hydrogen-bond donors (Lipinski definition) is 3. The van der Waals surface area contributed by atoms with Crippen LogP contribution in [0.1, 0.15) is 344 Å². The molecule has 0 amide bonds. The van der Waals surface area contributed by atoms with E-state index in [2.05, 4.69) is 72.8 Å². The average molecular weight is 1350 g/mol. The highest BCUT2D eigenvalue weighted by molar-refractivity contribution is 7.47. The molecule has 0 bridgehead atoms. The number of rotatable bonds is 69. The van der Waals surface area contributed by atoms with Crippen molar-refractivity contribution in [3.63, 3.8) is 0 Å². The molecule has 19 heteroatoms. The Morgan fingerprint density at radius 2 is 0.641 bits per heavy atom. The van der Waals surface area contributed by atoms with E-state index in [-0.39, 0.29) is 25.7 Å². The van der Waals surface area contributed by atoms with Gasteiger partial charge in [0.05, 0.1) is 26.4 Å². The standard InChI is InChI=1S/C73H138O17P2/c1-8-10-11-12-13-14-15-16-17-20-23-26-32-40-47-54-70(75)83-60-68(89-72(77)56-49-42-34-27-24-21-18-19-22-25-30-37-44-51-64(3)4)62-87-91(79,80)85-58-67(74)59-86-92(81,82)88-63-69(90-73(78)57-50-43-36-35-39-46-53-66(7)9-2)61-84-71(76)55-48-41-33-29-28-31-38-45-52-65(5)6/h14-17,64-69,74H,8-13,18-63H2,1-7H3,(H,79,80)(H,81,82)/b15-14-,17-16-/t66?,67?,68-,69-/m1/s1. The van der Waals surface area contributed by atoms with Crippen molar-refractivity contribution >= 4 is 39.5 Å². The highest BCUT2D eigenvalue weighted by Gasteiger charge is 2.30. The second-order valence-corrected chi connectivity index (χ2v) is 29.7. The minimum Gasteiger partial charge on any atom is -0.462 e. The highest BCUT2D eigenvalue weighted by atomic mass is 31.2. The molecule has 3 N–H and O–H groups in total. The molecule has 92 heavy (non-hydrogen) atoms. The second kappa shape index (κ2) is 63.3. The summed E-state index contributed by atoms with van der Waals surface area (Å²) in [6.07, 6.45) is 50.8. The van der Waals surface area contributed by atoms with Crippen LogP contribution in [0.25, 0.3) is 0 Å². The normalized spacial score (nSPS) is 14.6. The minimum absolute atomic E-state index is 0.0997. The molecule has 0 saturated heterocycles. The molecule has 0 aromatic heterocycles. The van der Waals surface area contributed by atoms with Crippen molar-refractivity contribution in [1.82, 2.24) is 0 Å². The third-order valence-electron chi connectivity index (χ3n) is 16.6. The Balaban J connectivity index is 5.29. The number of carbonyl (C=O) groups excluding carboxylic acids is 4. The summed E-state index contributed by atoms with van der Waals surface area (Å²) in [5.74, 6) is 0.0714. The number of hydrogen-bond acceptors (Lipinski definition) is 15. The van der Waals surface area contributed by atoms with E-state index < -0.39 is 97.5 Å². The Hall–Kier alpha value is -2.46. The molecule has 0 aromatic carbocycles. The van der Waals surface area contributed by atoms with E-state index in [1.54, 1.807) is 0 Å². The van der Waals surface area contributed by atoms with Crippen LogP contribution in [-0.4, -0.2) is 96.7 Å². The molecule has 0 rings (SSSR count). The molecule has 0 aliphatic rings. The van der Waals surface area contributed by atoms with Crippen LogP contribution in [0.3, 0.4) is 0 Å². The van der Waals surface area contributed by atoms with Crippen molar-refractivity contribution in [2.24, 2.45) is 17.8 Å². The summed E-state index contributed by atoms with van der Waals surface area (Å²) in [6.45, 7) is 11.7. The number of phosphoric acid groups is 2. The topological polar surface area (TPSA) is 237 Å². The molecule has 0 fully saturated rings. The van der Waals surface area contributed by atoms with Crippen molar-refractivity contribution in [1.29, 1.82) is 0 Å². The molecule has 0 radical (unpaired) electrons. The van der Waals surface area contributed by atoms with Crippen LogP contribution >= 0.6 is 15.6 Å². The second-order valence-electron chi connectivity index (χ2n) is 26.8. The van der Waals surface area contributed by atoms with E-state index in [1.165, 1.54) is 135 Å². The van der Waals surface area contributed by atoms with Gasteiger partial charge in [-0.25, -0.2) is 9.13 Å². The molecule has 542 valence electrons. The zero-order chi connectivity index (χ0) is 68.0. The van der Waals surface area contributed by atoms with E-state index in [0.29, 0.717) is 25.7 Å². The van der Waals surface area contributed by atoms with Gasteiger partial charge in [-0.05, 0) is 69.1 Å².